The zero-order valence-electron chi connectivity index (χ0n) is 9.48. The highest BCUT2D eigenvalue weighted by Gasteiger charge is 2.17. The first-order valence-corrected chi connectivity index (χ1v) is 6.99. The van der Waals surface area contributed by atoms with E-state index in [9.17, 15) is 4.21 Å². The quantitative estimate of drug-likeness (QED) is 0.801. The summed E-state index contributed by atoms with van der Waals surface area (Å²) in [6.07, 6.45) is 5.23. The van der Waals surface area contributed by atoms with Crippen LogP contribution in [0.3, 0.4) is 0 Å². The van der Waals surface area contributed by atoms with Gasteiger partial charge in [0.2, 0.25) is 5.16 Å². The third-order valence-corrected chi connectivity index (χ3v) is 4.05. The van der Waals surface area contributed by atoms with E-state index in [1.165, 1.54) is 12.8 Å². The number of piperidine rings is 1. The van der Waals surface area contributed by atoms with E-state index in [0.29, 0.717) is 17.0 Å². The highest BCUT2D eigenvalue weighted by molar-refractivity contribution is 7.84. The average Bonchev–Trinajstić information content (AvgIpc) is 2.30. The topological polar surface area (TPSA) is 54.9 Å². The minimum Gasteiger partial charge on any atom is -0.313 e. The van der Waals surface area contributed by atoms with Gasteiger partial charge in [0, 0.05) is 23.7 Å². The Balaban J connectivity index is 1.97. The Kier molecular flexibility index (Phi) is 4.01. The fourth-order valence-electron chi connectivity index (χ4n) is 1.86. The maximum Gasteiger partial charge on any atom is 0.218 e. The summed E-state index contributed by atoms with van der Waals surface area (Å²) >= 11 is 0. The van der Waals surface area contributed by atoms with Crippen molar-refractivity contribution >= 4 is 10.8 Å². The fraction of sp³-hybridized carbons (Fsp3) is 0.636. The van der Waals surface area contributed by atoms with Gasteiger partial charge in [-0.2, -0.15) is 0 Å². The lowest BCUT2D eigenvalue weighted by Gasteiger charge is -2.22. The minimum atomic E-state index is -1.08. The molecule has 0 amide bonds. The van der Waals surface area contributed by atoms with Crippen LogP contribution in [0.5, 0.6) is 0 Å². The van der Waals surface area contributed by atoms with Crippen molar-refractivity contribution in [3.63, 3.8) is 0 Å². The van der Waals surface area contributed by atoms with E-state index in [-0.39, 0.29) is 0 Å². The van der Waals surface area contributed by atoms with Crippen molar-refractivity contribution in [2.24, 2.45) is 0 Å². The Bertz CT molecular complexity index is 377. The molecule has 2 heterocycles. The summed E-state index contributed by atoms with van der Waals surface area (Å²) < 4.78 is 12.0. The van der Waals surface area contributed by atoms with E-state index in [1.807, 2.05) is 13.0 Å². The second-order valence-corrected chi connectivity index (χ2v) is 5.53. The van der Waals surface area contributed by atoms with Gasteiger partial charge in [-0.1, -0.05) is 6.42 Å². The molecule has 1 aliphatic rings. The molecule has 2 atom stereocenters. The second kappa shape index (κ2) is 5.50. The van der Waals surface area contributed by atoms with Crippen LogP contribution in [-0.2, 0) is 10.8 Å². The Hall–Kier alpha value is -0.810. The normalized spacial score (nSPS) is 22.9. The van der Waals surface area contributed by atoms with Crippen molar-refractivity contribution in [2.75, 3.05) is 12.3 Å². The van der Waals surface area contributed by atoms with Crippen LogP contribution < -0.4 is 5.32 Å². The van der Waals surface area contributed by atoms with Crippen molar-refractivity contribution in [3.05, 3.63) is 18.0 Å². The van der Waals surface area contributed by atoms with Crippen LogP contribution in [0.15, 0.2) is 17.4 Å². The average molecular weight is 239 g/mol. The molecule has 1 aliphatic heterocycles. The number of hydrogen-bond donors (Lipinski definition) is 1. The predicted molar refractivity (Wildman–Crippen MR) is 63.7 cm³/mol. The maximum absolute atomic E-state index is 12.0. The second-order valence-electron chi connectivity index (χ2n) is 4.14. The molecule has 1 N–H and O–H groups in total. The van der Waals surface area contributed by atoms with Gasteiger partial charge in [0.15, 0.2) is 0 Å². The third-order valence-electron chi connectivity index (χ3n) is 2.74. The molecule has 2 rings (SSSR count). The van der Waals surface area contributed by atoms with Crippen LogP contribution in [-0.4, -0.2) is 32.5 Å². The zero-order chi connectivity index (χ0) is 11.4. The Morgan fingerprint density at radius 2 is 2.44 bits per heavy atom. The summed E-state index contributed by atoms with van der Waals surface area (Å²) in [5.41, 5.74) is 0.870. The molecule has 1 saturated heterocycles. The Morgan fingerprint density at radius 1 is 1.56 bits per heavy atom. The molecule has 0 saturated carbocycles. The van der Waals surface area contributed by atoms with Crippen LogP contribution in [0.1, 0.15) is 25.0 Å². The molecule has 0 radical (unpaired) electrons. The first kappa shape index (κ1) is 11.7. The highest BCUT2D eigenvalue weighted by atomic mass is 32.2. The van der Waals surface area contributed by atoms with Crippen molar-refractivity contribution in [1.29, 1.82) is 0 Å². The molecule has 0 unspecified atom stereocenters. The third kappa shape index (κ3) is 3.09. The summed E-state index contributed by atoms with van der Waals surface area (Å²) in [4.78, 5) is 8.27. The van der Waals surface area contributed by atoms with Gasteiger partial charge in [-0.15, -0.1) is 0 Å². The zero-order valence-corrected chi connectivity index (χ0v) is 10.3. The number of hydrogen-bond acceptors (Lipinski definition) is 4. The summed E-state index contributed by atoms with van der Waals surface area (Å²) in [6, 6.07) is 2.18. The Morgan fingerprint density at radius 3 is 3.12 bits per heavy atom. The van der Waals surface area contributed by atoms with E-state index in [0.717, 1.165) is 18.7 Å². The van der Waals surface area contributed by atoms with Crippen LogP contribution in [0.2, 0.25) is 0 Å². The van der Waals surface area contributed by atoms with Gasteiger partial charge in [-0.25, -0.2) is 9.97 Å². The first-order chi connectivity index (χ1) is 7.75. The van der Waals surface area contributed by atoms with Crippen LogP contribution in [0, 0.1) is 6.92 Å². The molecule has 1 fully saturated rings. The standard InChI is InChI=1S/C11H17N3OS/c1-9-5-7-13-11(14-9)16(15)8-10-4-2-3-6-12-10/h5,7,10,12H,2-4,6,8H2,1H3/t10-,16-/m0/s1. The van der Waals surface area contributed by atoms with E-state index >= 15 is 0 Å². The number of nitrogens with zero attached hydrogens (tertiary/aromatic N) is 2. The van der Waals surface area contributed by atoms with E-state index in [1.54, 1.807) is 6.20 Å². The van der Waals surface area contributed by atoms with Gasteiger partial charge in [0.05, 0.1) is 10.8 Å². The van der Waals surface area contributed by atoms with Crippen molar-refractivity contribution in [3.8, 4) is 0 Å². The molecule has 16 heavy (non-hydrogen) atoms. The number of rotatable bonds is 3. The van der Waals surface area contributed by atoms with Gasteiger partial charge >= 0.3 is 0 Å². The molecule has 0 aliphatic carbocycles. The molecular weight excluding hydrogens is 222 g/mol. The predicted octanol–water partition coefficient (Wildman–Crippen LogP) is 1.03. The molecule has 1 aromatic rings. The molecule has 0 bridgehead atoms. The van der Waals surface area contributed by atoms with E-state index < -0.39 is 10.8 Å². The monoisotopic (exact) mass is 239 g/mol. The summed E-state index contributed by atoms with van der Waals surface area (Å²) in [5, 5.41) is 3.85. The SMILES string of the molecule is Cc1ccnc([S@@](=O)C[C@@H]2CCCCN2)n1. The summed E-state index contributed by atoms with van der Waals surface area (Å²) in [5.74, 6) is 0.628. The lowest BCUT2D eigenvalue weighted by molar-refractivity contribution is 0.427. The minimum absolute atomic E-state index is 0.360. The van der Waals surface area contributed by atoms with Crippen LogP contribution in [0.4, 0.5) is 0 Å². The van der Waals surface area contributed by atoms with Crippen LogP contribution >= 0.6 is 0 Å². The maximum atomic E-state index is 12.0. The van der Waals surface area contributed by atoms with E-state index in [4.69, 9.17) is 0 Å². The lowest BCUT2D eigenvalue weighted by Crippen LogP contribution is -2.38. The van der Waals surface area contributed by atoms with Crippen molar-refractivity contribution in [1.82, 2.24) is 15.3 Å². The molecule has 5 heteroatoms. The van der Waals surface area contributed by atoms with Gasteiger partial charge in [-0.3, -0.25) is 4.21 Å². The largest absolute Gasteiger partial charge is 0.313 e. The molecule has 0 aromatic carbocycles. The fourth-order valence-corrected chi connectivity index (χ4v) is 3.08. The van der Waals surface area contributed by atoms with Gasteiger partial charge < -0.3 is 5.32 Å². The highest BCUT2D eigenvalue weighted by Crippen LogP contribution is 2.10. The number of aryl methyl sites for hydroxylation is 1. The summed E-state index contributed by atoms with van der Waals surface area (Å²) in [7, 11) is -1.08. The molecule has 4 nitrogen and oxygen atoms in total. The molecule has 1 aromatic heterocycles. The molecular formula is C11H17N3OS. The number of aromatic nitrogens is 2. The van der Waals surface area contributed by atoms with Gasteiger partial charge in [-0.05, 0) is 32.4 Å². The van der Waals surface area contributed by atoms with Gasteiger partial charge in [0.1, 0.15) is 0 Å². The lowest BCUT2D eigenvalue weighted by atomic mass is 10.1. The molecule has 0 spiro atoms. The van der Waals surface area contributed by atoms with Crippen molar-refractivity contribution in [2.45, 2.75) is 37.4 Å². The molecule has 88 valence electrons. The summed E-state index contributed by atoms with van der Waals surface area (Å²) in [6.45, 7) is 2.93. The Labute approximate surface area is 98.3 Å². The van der Waals surface area contributed by atoms with Crippen LogP contribution in [0.25, 0.3) is 0 Å². The smallest absolute Gasteiger partial charge is 0.218 e. The van der Waals surface area contributed by atoms with Crippen molar-refractivity contribution < 1.29 is 4.21 Å². The van der Waals surface area contributed by atoms with Gasteiger partial charge in [0.25, 0.3) is 0 Å². The van der Waals surface area contributed by atoms with E-state index in [2.05, 4.69) is 15.3 Å². The first-order valence-electron chi connectivity index (χ1n) is 5.67. The number of nitrogens with one attached hydrogen (secondary N) is 1.